The molecule has 82 valence electrons. The molecular formula is C11H21NOS. The van der Waals surface area contributed by atoms with Gasteiger partial charge in [-0.15, -0.1) is 0 Å². The zero-order chi connectivity index (χ0) is 10.4. The van der Waals surface area contributed by atoms with E-state index in [1.165, 1.54) is 31.5 Å². The lowest BCUT2D eigenvalue weighted by atomic mass is 9.97. The van der Waals surface area contributed by atoms with Gasteiger partial charge in [-0.3, -0.25) is 4.90 Å². The minimum Gasteiger partial charge on any atom is -0.384 e. The zero-order valence-corrected chi connectivity index (χ0v) is 9.93. The maximum absolute atomic E-state index is 5.17. The van der Waals surface area contributed by atoms with Crippen LogP contribution in [0.3, 0.4) is 0 Å². The molecule has 1 heterocycles. The zero-order valence-electron chi connectivity index (χ0n) is 9.04. The number of thiol groups is 1. The average Bonchev–Trinajstić information content (AvgIpc) is 2.21. The molecule has 0 N–H and O–H groups in total. The van der Waals surface area contributed by atoms with Crippen LogP contribution in [0.4, 0.5) is 0 Å². The molecule has 0 aromatic heterocycles. The summed E-state index contributed by atoms with van der Waals surface area (Å²) in [5.41, 5.74) is 1.22. The highest BCUT2D eigenvalue weighted by Crippen LogP contribution is 2.17. The SMILES string of the molecule is C=C(CS)CN1CCC(COC)CC1. The summed E-state index contributed by atoms with van der Waals surface area (Å²) in [7, 11) is 1.79. The predicted molar refractivity (Wildman–Crippen MR) is 64.0 cm³/mol. The smallest absolute Gasteiger partial charge is 0.0491 e. The van der Waals surface area contributed by atoms with Crippen LogP contribution in [0.25, 0.3) is 0 Å². The van der Waals surface area contributed by atoms with Crippen molar-refractivity contribution < 1.29 is 4.74 Å². The normalized spacial score (nSPS) is 19.9. The first-order valence-corrected chi connectivity index (χ1v) is 5.88. The fourth-order valence-electron chi connectivity index (χ4n) is 1.91. The van der Waals surface area contributed by atoms with E-state index in [0.717, 1.165) is 24.8 Å². The van der Waals surface area contributed by atoms with E-state index < -0.39 is 0 Å². The third-order valence-corrected chi connectivity index (χ3v) is 3.23. The molecule has 0 radical (unpaired) electrons. The van der Waals surface area contributed by atoms with Crippen molar-refractivity contribution in [2.24, 2.45) is 5.92 Å². The van der Waals surface area contributed by atoms with Gasteiger partial charge in [-0.1, -0.05) is 12.2 Å². The molecule has 3 heteroatoms. The highest BCUT2D eigenvalue weighted by molar-refractivity contribution is 7.80. The molecule has 1 saturated heterocycles. The number of likely N-dealkylation sites (tertiary alicyclic amines) is 1. The topological polar surface area (TPSA) is 12.5 Å². The van der Waals surface area contributed by atoms with Gasteiger partial charge in [0.05, 0.1) is 0 Å². The number of hydrogen-bond acceptors (Lipinski definition) is 3. The van der Waals surface area contributed by atoms with Crippen LogP contribution >= 0.6 is 12.6 Å². The van der Waals surface area contributed by atoms with Crippen molar-refractivity contribution >= 4 is 12.6 Å². The molecule has 0 aromatic carbocycles. The van der Waals surface area contributed by atoms with Crippen molar-refractivity contribution in [3.05, 3.63) is 12.2 Å². The molecule has 14 heavy (non-hydrogen) atoms. The molecule has 2 nitrogen and oxygen atoms in total. The summed E-state index contributed by atoms with van der Waals surface area (Å²) in [6, 6.07) is 0. The Morgan fingerprint density at radius 1 is 1.50 bits per heavy atom. The maximum Gasteiger partial charge on any atom is 0.0491 e. The monoisotopic (exact) mass is 215 g/mol. The van der Waals surface area contributed by atoms with Gasteiger partial charge < -0.3 is 4.74 Å². The first-order valence-electron chi connectivity index (χ1n) is 5.25. The van der Waals surface area contributed by atoms with Gasteiger partial charge in [0.2, 0.25) is 0 Å². The lowest BCUT2D eigenvalue weighted by molar-refractivity contribution is 0.103. The van der Waals surface area contributed by atoms with E-state index in [0.29, 0.717) is 0 Å². The van der Waals surface area contributed by atoms with Crippen LogP contribution in [0.15, 0.2) is 12.2 Å². The number of methoxy groups -OCH3 is 1. The number of nitrogens with zero attached hydrogens (tertiary/aromatic N) is 1. The van der Waals surface area contributed by atoms with E-state index in [1.54, 1.807) is 7.11 Å². The fourth-order valence-corrected chi connectivity index (χ4v) is 2.01. The van der Waals surface area contributed by atoms with E-state index in [2.05, 4.69) is 24.1 Å². The quantitative estimate of drug-likeness (QED) is 0.555. The van der Waals surface area contributed by atoms with Crippen LogP contribution in [0.5, 0.6) is 0 Å². The van der Waals surface area contributed by atoms with E-state index in [9.17, 15) is 0 Å². The first-order chi connectivity index (χ1) is 6.76. The van der Waals surface area contributed by atoms with Crippen molar-refractivity contribution in [2.45, 2.75) is 12.8 Å². The number of rotatable bonds is 5. The summed E-state index contributed by atoms with van der Waals surface area (Å²) >= 11 is 4.22. The van der Waals surface area contributed by atoms with Crippen LogP contribution in [-0.2, 0) is 4.74 Å². The Morgan fingerprint density at radius 2 is 2.14 bits per heavy atom. The molecule has 1 aliphatic rings. The summed E-state index contributed by atoms with van der Waals surface area (Å²) in [5.74, 6) is 1.57. The average molecular weight is 215 g/mol. The maximum atomic E-state index is 5.17. The molecule has 0 aliphatic carbocycles. The van der Waals surface area contributed by atoms with Crippen LogP contribution in [0, 0.1) is 5.92 Å². The number of ether oxygens (including phenoxy) is 1. The third-order valence-electron chi connectivity index (χ3n) is 2.78. The van der Waals surface area contributed by atoms with Gasteiger partial charge in [-0.2, -0.15) is 12.6 Å². The highest BCUT2D eigenvalue weighted by atomic mass is 32.1. The minimum atomic E-state index is 0.764. The summed E-state index contributed by atoms with van der Waals surface area (Å²) < 4.78 is 5.17. The second-order valence-electron chi connectivity index (χ2n) is 4.08. The molecule has 0 unspecified atom stereocenters. The lowest BCUT2D eigenvalue weighted by Gasteiger charge is -2.31. The molecule has 0 spiro atoms. The molecule has 0 saturated carbocycles. The van der Waals surface area contributed by atoms with E-state index >= 15 is 0 Å². The predicted octanol–water partition coefficient (Wildman–Crippen LogP) is 1.83. The number of hydrogen-bond donors (Lipinski definition) is 1. The molecule has 1 rings (SSSR count). The van der Waals surface area contributed by atoms with Crippen LogP contribution in [0.2, 0.25) is 0 Å². The van der Waals surface area contributed by atoms with Gasteiger partial charge in [0, 0.05) is 26.0 Å². The van der Waals surface area contributed by atoms with Crippen molar-refractivity contribution in [1.29, 1.82) is 0 Å². The summed E-state index contributed by atoms with van der Waals surface area (Å²) in [6.45, 7) is 8.28. The molecule has 1 aliphatic heterocycles. The van der Waals surface area contributed by atoms with E-state index in [1.807, 2.05) is 0 Å². The largest absolute Gasteiger partial charge is 0.384 e. The Morgan fingerprint density at radius 3 is 2.64 bits per heavy atom. The van der Waals surface area contributed by atoms with Gasteiger partial charge in [0.1, 0.15) is 0 Å². The Kier molecular flexibility index (Phi) is 5.60. The molecule has 0 atom stereocenters. The Hall–Kier alpha value is 0.01000. The first kappa shape index (κ1) is 12.1. The van der Waals surface area contributed by atoms with Gasteiger partial charge in [-0.25, -0.2) is 0 Å². The van der Waals surface area contributed by atoms with Crippen LogP contribution < -0.4 is 0 Å². The van der Waals surface area contributed by atoms with Gasteiger partial charge >= 0.3 is 0 Å². The fraction of sp³-hybridized carbons (Fsp3) is 0.818. The standard InChI is InChI=1S/C11H21NOS/c1-10(9-14)7-12-5-3-11(4-6-12)8-13-2/h11,14H,1,3-9H2,2H3. The lowest BCUT2D eigenvalue weighted by Crippen LogP contribution is -2.36. The summed E-state index contributed by atoms with van der Waals surface area (Å²) in [6.07, 6.45) is 2.52. The number of piperidine rings is 1. The van der Waals surface area contributed by atoms with Gasteiger partial charge in [0.25, 0.3) is 0 Å². The van der Waals surface area contributed by atoms with Crippen molar-refractivity contribution in [3.8, 4) is 0 Å². The summed E-state index contributed by atoms with van der Waals surface area (Å²) in [5, 5.41) is 0. The second-order valence-corrected chi connectivity index (χ2v) is 4.40. The van der Waals surface area contributed by atoms with Crippen molar-refractivity contribution in [3.63, 3.8) is 0 Å². The van der Waals surface area contributed by atoms with Crippen LogP contribution in [0.1, 0.15) is 12.8 Å². The molecule has 0 amide bonds. The molecule has 0 aromatic rings. The Balaban J connectivity index is 2.18. The van der Waals surface area contributed by atoms with E-state index in [-0.39, 0.29) is 0 Å². The minimum absolute atomic E-state index is 0.764. The Bertz CT molecular complexity index is 176. The highest BCUT2D eigenvalue weighted by Gasteiger charge is 2.18. The molecular weight excluding hydrogens is 194 g/mol. The molecule has 0 bridgehead atoms. The second kappa shape index (κ2) is 6.49. The molecule has 1 fully saturated rings. The summed E-state index contributed by atoms with van der Waals surface area (Å²) in [4.78, 5) is 2.46. The third kappa shape index (κ3) is 4.03. The van der Waals surface area contributed by atoms with Gasteiger partial charge in [0.15, 0.2) is 0 Å². The van der Waals surface area contributed by atoms with E-state index in [4.69, 9.17) is 4.74 Å². The Labute approximate surface area is 92.7 Å². The van der Waals surface area contributed by atoms with Crippen LogP contribution in [-0.4, -0.2) is 44.0 Å². The van der Waals surface area contributed by atoms with Gasteiger partial charge in [-0.05, 0) is 31.8 Å². The van der Waals surface area contributed by atoms with Crippen molar-refractivity contribution in [1.82, 2.24) is 4.90 Å². The van der Waals surface area contributed by atoms with Crippen molar-refractivity contribution in [2.75, 3.05) is 39.1 Å².